The molecule has 0 heterocycles. The van der Waals surface area contributed by atoms with Gasteiger partial charge in [0.15, 0.2) is 0 Å². The third-order valence-corrected chi connectivity index (χ3v) is 3.27. The number of carbonyl (C=O) groups is 1. The van der Waals surface area contributed by atoms with Crippen molar-refractivity contribution in [2.75, 3.05) is 0 Å². The largest absolute Gasteiger partial charge is 0.457 e. The molecule has 1 aliphatic carbocycles. The molecule has 2 aromatic carbocycles. The van der Waals surface area contributed by atoms with Crippen LogP contribution < -0.4 is 0 Å². The lowest BCUT2D eigenvalue weighted by Gasteiger charge is -2.29. The third kappa shape index (κ3) is 2.14. The normalized spacial score (nSPS) is 16.6. The monoisotopic (exact) mass is 238 g/mol. The maximum atomic E-state index is 11.8. The number of benzene rings is 2. The first-order valence-corrected chi connectivity index (χ1v) is 6.14. The Hall–Kier alpha value is -2.09. The summed E-state index contributed by atoms with van der Waals surface area (Å²) in [7, 11) is 0. The van der Waals surface area contributed by atoms with Crippen LogP contribution in [0.3, 0.4) is 0 Å². The van der Waals surface area contributed by atoms with Crippen LogP contribution in [0.4, 0.5) is 0 Å². The van der Waals surface area contributed by atoms with E-state index in [1.54, 1.807) is 0 Å². The van der Waals surface area contributed by atoms with Crippen molar-refractivity contribution in [2.24, 2.45) is 0 Å². The van der Waals surface area contributed by atoms with Crippen LogP contribution >= 0.6 is 0 Å². The molecule has 1 atom stereocenters. The molecule has 0 spiro atoms. The van der Waals surface area contributed by atoms with Gasteiger partial charge in [-0.05, 0) is 16.7 Å². The van der Waals surface area contributed by atoms with Gasteiger partial charge in [-0.15, -0.1) is 0 Å². The smallest absolute Gasteiger partial charge is 0.310 e. The van der Waals surface area contributed by atoms with Gasteiger partial charge in [-0.1, -0.05) is 54.6 Å². The van der Waals surface area contributed by atoms with E-state index in [1.165, 1.54) is 5.56 Å². The van der Waals surface area contributed by atoms with Crippen molar-refractivity contribution in [1.82, 2.24) is 0 Å². The molecule has 0 fully saturated rings. The van der Waals surface area contributed by atoms with Gasteiger partial charge in [-0.3, -0.25) is 4.79 Å². The van der Waals surface area contributed by atoms with E-state index in [2.05, 4.69) is 6.07 Å². The molecule has 0 bridgehead atoms. The lowest BCUT2D eigenvalue weighted by atomic mass is 9.85. The predicted molar refractivity (Wildman–Crippen MR) is 69.1 cm³/mol. The fourth-order valence-electron chi connectivity index (χ4n) is 2.28. The van der Waals surface area contributed by atoms with Crippen molar-refractivity contribution in [2.45, 2.75) is 18.9 Å². The van der Waals surface area contributed by atoms with E-state index in [1.807, 2.05) is 48.5 Å². The highest BCUT2D eigenvalue weighted by Crippen LogP contribution is 2.35. The second-order valence-electron chi connectivity index (χ2n) is 4.54. The fourth-order valence-corrected chi connectivity index (χ4v) is 2.28. The number of ether oxygens (including phenoxy) is 1. The van der Waals surface area contributed by atoms with Crippen LogP contribution in [-0.2, 0) is 22.4 Å². The van der Waals surface area contributed by atoms with E-state index < -0.39 is 0 Å². The van der Waals surface area contributed by atoms with Crippen LogP contribution in [-0.4, -0.2) is 5.97 Å². The Morgan fingerprint density at radius 1 is 1.06 bits per heavy atom. The molecule has 0 amide bonds. The SMILES string of the molecule is O=C(Cc1ccccc1)OC1Cc2ccccc21. The summed E-state index contributed by atoms with van der Waals surface area (Å²) in [5.41, 5.74) is 3.43. The summed E-state index contributed by atoms with van der Waals surface area (Å²) in [5.74, 6) is -0.152. The molecule has 90 valence electrons. The summed E-state index contributed by atoms with van der Waals surface area (Å²) in [6.45, 7) is 0. The molecule has 0 saturated heterocycles. The quantitative estimate of drug-likeness (QED) is 0.768. The van der Waals surface area contributed by atoms with Crippen LogP contribution in [0.15, 0.2) is 54.6 Å². The molecule has 1 aliphatic rings. The molecule has 0 radical (unpaired) electrons. The summed E-state index contributed by atoms with van der Waals surface area (Å²) in [4.78, 5) is 11.8. The van der Waals surface area contributed by atoms with Gasteiger partial charge < -0.3 is 4.74 Å². The van der Waals surface area contributed by atoms with Gasteiger partial charge in [0.1, 0.15) is 6.10 Å². The highest BCUT2D eigenvalue weighted by Gasteiger charge is 2.28. The Balaban J connectivity index is 1.61. The Morgan fingerprint density at radius 3 is 2.56 bits per heavy atom. The minimum absolute atomic E-state index is 0.0441. The lowest BCUT2D eigenvalue weighted by molar-refractivity contribution is -0.149. The zero-order valence-electron chi connectivity index (χ0n) is 10.0. The molecule has 0 N–H and O–H groups in total. The van der Waals surface area contributed by atoms with Crippen molar-refractivity contribution in [3.05, 3.63) is 71.3 Å². The van der Waals surface area contributed by atoms with E-state index in [9.17, 15) is 4.79 Å². The first-order valence-electron chi connectivity index (χ1n) is 6.14. The van der Waals surface area contributed by atoms with Crippen molar-refractivity contribution >= 4 is 5.97 Å². The predicted octanol–water partition coefficient (Wildman–Crippen LogP) is 3.07. The van der Waals surface area contributed by atoms with Crippen molar-refractivity contribution in [1.29, 1.82) is 0 Å². The van der Waals surface area contributed by atoms with Gasteiger partial charge in [-0.25, -0.2) is 0 Å². The molecular formula is C16H14O2. The van der Waals surface area contributed by atoms with E-state index in [4.69, 9.17) is 4.74 Å². The van der Waals surface area contributed by atoms with Crippen LogP contribution in [0, 0.1) is 0 Å². The van der Waals surface area contributed by atoms with E-state index in [0.29, 0.717) is 6.42 Å². The first kappa shape index (κ1) is 11.0. The number of hydrogen-bond acceptors (Lipinski definition) is 2. The Kier molecular flexibility index (Phi) is 2.85. The maximum absolute atomic E-state index is 11.8. The molecule has 0 aliphatic heterocycles. The number of rotatable bonds is 3. The van der Waals surface area contributed by atoms with E-state index in [0.717, 1.165) is 17.5 Å². The Bertz CT molecular complexity index is 560. The average Bonchev–Trinajstić information content (AvgIpc) is 2.37. The zero-order valence-corrected chi connectivity index (χ0v) is 10.0. The second kappa shape index (κ2) is 4.65. The highest BCUT2D eigenvalue weighted by atomic mass is 16.5. The van der Waals surface area contributed by atoms with E-state index in [-0.39, 0.29) is 12.1 Å². The third-order valence-electron chi connectivity index (χ3n) is 3.27. The van der Waals surface area contributed by atoms with Gasteiger partial charge in [0.05, 0.1) is 6.42 Å². The highest BCUT2D eigenvalue weighted by molar-refractivity contribution is 5.73. The van der Waals surface area contributed by atoms with Gasteiger partial charge in [0, 0.05) is 6.42 Å². The molecule has 2 nitrogen and oxygen atoms in total. The van der Waals surface area contributed by atoms with Gasteiger partial charge in [-0.2, -0.15) is 0 Å². The summed E-state index contributed by atoms with van der Waals surface area (Å²) >= 11 is 0. The minimum atomic E-state index is -0.152. The van der Waals surface area contributed by atoms with Crippen molar-refractivity contribution < 1.29 is 9.53 Å². The van der Waals surface area contributed by atoms with Crippen molar-refractivity contribution in [3.63, 3.8) is 0 Å². The molecule has 0 saturated carbocycles. The number of hydrogen-bond donors (Lipinski definition) is 0. The van der Waals surface area contributed by atoms with Gasteiger partial charge in [0.25, 0.3) is 0 Å². The number of fused-ring (bicyclic) bond motifs is 1. The lowest BCUT2D eigenvalue weighted by Crippen LogP contribution is -2.23. The standard InChI is InChI=1S/C16H14O2/c17-16(10-12-6-2-1-3-7-12)18-15-11-13-8-4-5-9-14(13)15/h1-9,15H,10-11H2. The van der Waals surface area contributed by atoms with Crippen LogP contribution in [0.2, 0.25) is 0 Å². The van der Waals surface area contributed by atoms with Crippen LogP contribution in [0.25, 0.3) is 0 Å². The molecule has 2 heteroatoms. The Morgan fingerprint density at radius 2 is 1.78 bits per heavy atom. The topological polar surface area (TPSA) is 26.3 Å². The summed E-state index contributed by atoms with van der Waals surface area (Å²) in [6, 6.07) is 17.8. The van der Waals surface area contributed by atoms with Crippen LogP contribution in [0.5, 0.6) is 0 Å². The molecule has 0 aromatic heterocycles. The number of esters is 1. The number of carbonyl (C=O) groups excluding carboxylic acids is 1. The average molecular weight is 238 g/mol. The summed E-state index contributed by atoms with van der Waals surface area (Å²) in [5, 5.41) is 0. The zero-order chi connectivity index (χ0) is 12.4. The Labute approximate surface area is 106 Å². The summed E-state index contributed by atoms with van der Waals surface area (Å²) < 4.78 is 5.48. The fraction of sp³-hybridized carbons (Fsp3) is 0.188. The van der Waals surface area contributed by atoms with Crippen LogP contribution in [0.1, 0.15) is 22.8 Å². The minimum Gasteiger partial charge on any atom is -0.457 e. The molecular weight excluding hydrogens is 224 g/mol. The van der Waals surface area contributed by atoms with Gasteiger partial charge >= 0.3 is 5.97 Å². The molecule has 2 aromatic rings. The molecule has 3 rings (SSSR count). The first-order chi connectivity index (χ1) is 8.83. The van der Waals surface area contributed by atoms with E-state index >= 15 is 0 Å². The second-order valence-corrected chi connectivity index (χ2v) is 4.54. The maximum Gasteiger partial charge on any atom is 0.310 e. The summed E-state index contributed by atoms with van der Waals surface area (Å²) in [6.07, 6.45) is 1.15. The molecule has 18 heavy (non-hydrogen) atoms. The molecule has 1 unspecified atom stereocenters. The van der Waals surface area contributed by atoms with Gasteiger partial charge in [0.2, 0.25) is 0 Å². The van der Waals surface area contributed by atoms with Crippen molar-refractivity contribution in [3.8, 4) is 0 Å².